The van der Waals surface area contributed by atoms with Crippen molar-refractivity contribution in [1.82, 2.24) is 0 Å². The van der Waals surface area contributed by atoms with Crippen LogP contribution < -0.4 is 17.2 Å². The molecule has 0 saturated carbocycles. The van der Waals surface area contributed by atoms with Gasteiger partial charge in [-0.15, -0.1) is 0 Å². The van der Waals surface area contributed by atoms with Crippen LogP contribution in [0.25, 0.3) is 0 Å². The minimum atomic E-state index is -0.969. The average molecular weight is 181 g/mol. The van der Waals surface area contributed by atoms with Gasteiger partial charge in [0.25, 0.3) is 0 Å². The van der Waals surface area contributed by atoms with Gasteiger partial charge in [-0.2, -0.15) is 0 Å². The van der Waals surface area contributed by atoms with E-state index >= 15 is 0 Å². The van der Waals surface area contributed by atoms with E-state index in [1.54, 1.807) is 0 Å². The van der Waals surface area contributed by atoms with Crippen LogP contribution in [-0.2, 0) is 11.2 Å². The van der Waals surface area contributed by atoms with Gasteiger partial charge in [-0.1, -0.05) is 0 Å². The number of carbonyl (C=O) groups is 1. The van der Waals surface area contributed by atoms with Crippen LogP contribution in [-0.4, -0.2) is 11.1 Å². The molecule has 7 N–H and O–H groups in total. The van der Waals surface area contributed by atoms with Crippen LogP contribution in [0, 0.1) is 0 Å². The lowest BCUT2D eigenvalue weighted by Crippen LogP contribution is -2.07. The molecule has 0 unspecified atom stereocenters. The molecule has 0 heterocycles. The van der Waals surface area contributed by atoms with Gasteiger partial charge in [0.1, 0.15) is 0 Å². The van der Waals surface area contributed by atoms with E-state index in [0.717, 1.165) is 0 Å². The number of nitrogen functional groups attached to an aromatic ring is 3. The monoisotopic (exact) mass is 181 g/mol. The van der Waals surface area contributed by atoms with Crippen LogP contribution in [0.4, 0.5) is 17.1 Å². The molecule has 0 fully saturated rings. The molecule has 5 heteroatoms. The number of nitrogens with two attached hydrogens (primary N) is 3. The third-order valence-corrected chi connectivity index (χ3v) is 1.67. The lowest BCUT2D eigenvalue weighted by atomic mass is 10.1. The predicted octanol–water partition coefficient (Wildman–Crippen LogP) is 0.0603. The summed E-state index contributed by atoms with van der Waals surface area (Å²) in [5.74, 6) is -0.969. The number of hydrogen-bond acceptors (Lipinski definition) is 4. The maximum atomic E-state index is 10.4. The molecule has 0 aromatic heterocycles. The van der Waals surface area contributed by atoms with Crippen LogP contribution in [0.2, 0.25) is 0 Å². The Balaban J connectivity index is 3.13. The Morgan fingerprint density at radius 2 is 1.69 bits per heavy atom. The maximum Gasteiger partial charge on any atom is 0.307 e. The van der Waals surface area contributed by atoms with E-state index < -0.39 is 5.97 Å². The Morgan fingerprint density at radius 1 is 1.23 bits per heavy atom. The van der Waals surface area contributed by atoms with Crippen molar-refractivity contribution in [3.05, 3.63) is 17.7 Å². The summed E-state index contributed by atoms with van der Waals surface area (Å²) in [5.41, 5.74) is 18.0. The number of rotatable bonds is 2. The van der Waals surface area contributed by atoms with Crippen LogP contribution in [0.5, 0.6) is 0 Å². The van der Waals surface area contributed by atoms with Gasteiger partial charge in [-0.25, -0.2) is 0 Å². The first-order valence-corrected chi connectivity index (χ1v) is 3.66. The summed E-state index contributed by atoms with van der Waals surface area (Å²) in [6, 6.07) is 2.99. The number of benzene rings is 1. The van der Waals surface area contributed by atoms with Gasteiger partial charge in [0, 0.05) is 22.6 Å². The summed E-state index contributed by atoms with van der Waals surface area (Å²) in [6.45, 7) is 0. The Morgan fingerprint density at radius 3 is 2.08 bits per heavy atom. The normalized spacial score (nSPS) is 9.85. The zero-order chi connectivity index (χ0) is 10.0. The van der Waals surface area contributed by atoms with Gasteiger partial charge in [0.2, 0.25) is 0 Å². The molecule has 0 aliphatic rings. The fourth-order valence-electron chi connectivity index (χ4n) is 1.10. The van der Waals surface area contributed by atoms with Gasteiger partial charge in [-0.05, 0) is 12.1 Å². The van der Waals surface area contributed by atoms with Crippen molar-refractivity contribution in [2.24, 2.45) is 0 Å². The Kier molecular flexibility index (Phi) is 2.27. The Hall–Kier alpha value is -1.91. The number of anilines is 3. The molecule has 1 aromatic rings. The van der Waals surface area contributed by atoms with Gasteiger partial charge in [0.15, 0.2) is 0 Å². The fourth-order valence-corrected chi connectivity index (χ4v) is 1.10. The minimum Gasteiger partial charge on any atom is -0.481 e. The highest BCUT2D eigenvalue weighted by Gasteiger charge is 2.09. The molecule has 0 aliphatic carbocycles. The Labute approximate surface area is 75.1 Å². The van der Waals surface area contributed by atoms with Crippen molar-refractivity contribution >= 4 is 23.0 Å². The highest BCUT2D eigenvalue weighted by Crippen LogP contribution is 2.23. The van der Waals surface area contributed by atoms with E-state index in [9.17, 15) is 4.79 Å². The molecule has 1 rings (SSSR count). The van der Waals surface area contributed by atoms with Crippen molar-refractivity contribution in [3.63, 3.8) is 0 Å². The first-order chi connectivity index (χ1) is 6.00. The van der Waals surface area contributed by atoms with E-state index in [1.807, 2.05) is 0 Å². The maximum absolute atomic E-state index is 10.4. The SMILES string of the molecule is Nc1cc(N)c(CC(=O)O)c(N)c1. The van der Waals surface area contributed by atoms with Crippen LogP contribution in [0.1, 0.15) is 5.56 Å². The van der Waals surface area contributed by atoms with Crippen molar-refractivity contribution < 1.29 is 9.90 Å². The number of hydrogen-bond donors (Lipinski definition) is 4. The molecular formula is C8H11N3O2. The molecule has 0 spiro atoms. The fraction of sp³-hybridized carbons (Fsp3) is 0.125. The minimum absolute atomic E-state index is 0.183. The molecule has 0 atom stereocenters. The summed E-state index contributed by atoms with van der Waals surface area (Å²) in [5, 5.41) is 8.54. The number of carboxylic acid groups (broad SMARTS) is 1. The second-order valence-corrected chi connectivity index (χ2v) is 2.75. The standard InChI is InChI=1S/C8H11N3O2/c9-4-1-6(10)5(3-8(12)13)7(11)2-4/h1-2H,3,9-11H2,(H,12,13). The molecule has 1 aromatic carbocycles. The quantitative estimate of drug-likeness (QED) is 0.481. The van der Waals surface area contributed by atoms with E-state index in [4.69, 9.17) is 22.3 Å². The Bertz CT molecular complexity index is 326. The highest BCUT2D eigenvalue weighted by atomic mass is 16.4. The van der Waals surface area contributed by atoms with Gasteiger partial charge in [-0.3, -0.25) is 4.79 Å². The van der Waals surface area contributed by atoms with Crippen LogP contribution in [0.3, 0.4) is 0 Å². The van der Waals surface area contributed by atoms with Crippen LogP contribution >= 0.6 is 0 Å². The molecule has 0 bridgehead atoms. The van der Waals surface area contributed by atoms with E-state index in [0.29, 0.717) is 22.6 Å². The van der Waals surface area contributed by atoms with E-state index in [2.05, 4.69) is 0 Å². The highest BCUT2D eigenvalue weighted by molar-refractivity contribution is 5.79. The summed E-state index contributed by atoms with van der Waals surface area (Å²) in [7, 11) is 0. The van der Waals surface area contributed by atoms with Crippen molar-refractivity contribution in [2.75, 3.05) is 17.2 Å². The lowest BCUT2D eigenvalue weighted by Gasteiger charge is -2.07. The summed E-state index contributed by atoms with van der Waals surface area (Å²) in [6.07, 6.45) is -0.183. The third-order valence-electron chi connectivity index (χ3n) is 1.67. The van der Waals surface area contributed by atoms with Gasteiger partial charge < -0.3 is 22.3 Å². The molecule has 70 valence electrons. The molecule has 0 saturated heterocycles. The molecule has 13 heavy (non-hydrogen) atoms. The largest absolute Gasteiger partial charge is 0.481 e. The molecule has 5 nitrogen and oxygen atoms in total. The summed E-state index contributed by atoms with van der Waals surface area (Å²) >= 11 is 0. The molecular weight excluding hydrogens is 170 g/mol. The van der Waals surface area contributed by atoms with Crippen LogP contribution in [0.15, 0.2) is 12.1 Å². The molecule has 0 amide bonds. The zero-order valence-corrected chi connectivity index (χ0v) is 6.95. The average Bonchev–Trinajstić information content (AvgIpc) is 1.96. The van der Waals surface area contributed by atoms with E-state index in [1.165, 1.54) is 12.1 Å². The van der Waals surface area contributed by atoms with Gasteiger partial charge >= 0.3 is 5.97 Å². The van der Waals surface area contributed by atoms with Crippen molar-refractivity contribution in [1.29, 1.82) is 0 Å². The molecule has 0 aliphatic heterocycles. The van der Waals surface area contributed by atoms with Crippen molar-refractivity contribution in [2.45, 2.75) is 6.42 Å². The first-order valence-electron chi connectivity index (χ1n) is 3.66. The predicted molar refractivity (Wildman–Crippen MR) is 51.0 cm³/mol. The summed E-state index contributed by atoms with van der Waals surface area (Å²) in [4.78, 5) is 10.4. The topological polar surface area (TPSA) is 115 Å². The van der Waals surface area contributed by atoms with Gasteiger partial charge in [0.05, 0.1) is 6.42 Å². The smallest absolute Gasteiger partial charge is 0.307 e. The third kappa shape index (κ3) is 2.02. The second kappa shape index (κ2) is 3.22. The van der Waals surface area contributed by atoms with Crippen molar-refractivity contribution in [3.8, 4) is 0 Å². The first kappa shape index (κ1) is 9.18. The van der Waals surface area contributed by atoms with E-state index in [-0.39, 0.29) is 6.42 Å². The second-order valence-electron chi connectivity index (χ2n) is 2.75. The molecule has 0 radical (unpaired) electrons. The zero-order valence-electron chi connectivity index (χ0n) is 6.95. The lowest BCUT2D eigenvalue weighted by molar-refractivity contribution is -0.136. The number of carboxylic acids is 1. The summed E-state index contributed by atoms with van der Waals surface area (Å²) < 4.78 is 0. The number of aliphatic carboxylic acids is 1.